The molecule has 0 radical (unpaired) electrons. The van der Waals surface area contributed by atoms with Crippen molar-refractivity contribution in [2.45, 2.75) is 77.2 Å². The molecule has 244 valence electrons. The quantitative estimate of drug-likeness (QED) is 0.238. The fourth-order valence-electron chi connectivity index (χ4n) is 6.37. The number of anilines is 1. The van der Waals surface area contributed by atoms with Crippen molar-refractivity contribution in [1.29, 1.82) is 0 Å². The van der Waals surface area contributed by atoms with Crippen LogP contribution in [0.3, 0.4) is 0 Å². The molecule has 4 aromatic rings. The second-order valence-electron chi connectivity index (χ2n) is 13.3. The summed E-state index contributed by atoms with van der Waals surface area (Å²) in [5, 5.41) is 6.97. The van der Waals surface area contributed by atoms with E-state index in [-0.39, 0.29) is 24.1 Å². The minimum atomic E-state index is -0.865. The molecule has 2 aliphatic heterocycles. The Morgan fingerprint density at radius 2 is 1.68 bits per heavy atom. The van der Waals surface area contributed by atoms with Gasteiger partial charge in [0, 0.05) is 54.4 Å². The Labute approximate surface area is 274 Å². The van der Waals surface area contributed by atoms with E-state index in [2.05, 4.69) is 15.6 Å². The number of aromatic nitrogens is 1. The van der Waals surface area contributed by atoms with Gasteiger partial charge in [-0.3, -0.25) is 19.3 Å². The van der Waals surface area contributed by atoms with E-state index in [4.69, 9.17) is 4.74 Å². The zero-order valence-corrected chi connectivity index (χ0v) is 27.0. The summed E-state index contributed by atoms with van der Waals surface area (Å²) in [6, 6.07) is 20.9. The van der Waals surface area contributed by atoms with Crippen molar-refractivity contribution in [3.63, 3.8) is 0 Å². The number of piperidine rings is 1. The van der Waals surface area contributed by atoms with Gasteiger partial charge in [-0.2, -0.15) is 0 Å². The van der Waals surface area contributed by atoms with E-state index in [1.165, 1.54) is 4.90 Å². The van der Waals surface area contributed by atoms with E-state index < -0.39 is 23.8 Å². The molecule has 1 saturated heterocycles. The third kappa shape index (κ3) is 7.32. The zero-order chi connectivity index (χ0) is 33.1. The molecular formula is C37H41N5O5. The molecule has 10 heteroatoms. The molecule has 10 nitrogen and oxygen atoms in total. The number of ether oxygens (including phenoxy) is 1. The maximum Gasteiger partial charge on any atom is 0.410 e. The predicted octanol–water partition coefficient (Wildman–Crippen LogP) is 5.78. The van der Waals surface area contributed by atoms with Gasteiger partial charge in [-0.25, -0.2) is 4.79 Å². The van der Waals surface area contributed by atoms with Crippen LogP contribution in [-0.4, -0.2) is 62.8 Å². The molecule has 4 amide bonds. The topological polar surface area (TPSA) is 124 Å². The molecular weight excluding hydrogens is 594 g/mol. The van der Waals surface area contributed by atoms with Crippen molar-refractivity contribution < 1.29 is 23.9 Å². The molecule has 3 N–H and O–H groups in total. The largest absolute Gasteiger partial charge is 0.444 e. The van der Waals surface area contributed by atoms with Gasteiger partial charge in [-0.15, -0.1) is 0 Å². The third-order valence-corrected chi connectivity index (χ3v) is 8.68. The van der Waals surface area contributed by atoms with E-state index in [0.29, 0.717) is 37.3 Å². The van der Waals surface area contributed by atoms with Crippen LogP contribution in [0.15, 0.2) is 79.0 Å². The van der Waals surface area contributed by atoms with Crippen LogP contribution in [0.25, 0.3) is 10.9 Å². The van der Waals surface area contributed by atoms with Gasteiger partial charge >= 0.3 is 6.09 Å². The first-order chi connectivity index (χ1) is 22.6. The number of carbonyl (C=O) groups is 4. The molecule has 6 rings (SSSR count). The number of fused-ring (bicyclic) bond motifs is 2. The number of benzene rings is 3. The lowest BCUT2D eigenvalue weighted by atomic mass is 9.99. The predicted molar refractivity (Wildman–Crippen MR) is 180 cm³/mol. The Morgan fingerprint density at radius 3 is 2.47 bits per heavy atom. The molecule has 0 spiro atoms. The lowest BCUT2D eigenvalue weighted by Gasteiger charge is -2.36. The highest BCUT2D eigenvalue weighted by molar-refractivity contribution is 6.04. The van der Waals surface area contributed by atoms with Gasteiger partial charge in [0.2, 0.25) is 11.8 Å². The van der Waals surface area contributed by atoms with Gasteiger partial charge < -0.3 is 25.3 Å². The van der Waals surface area contributed by atoms with Crippen molar-refractivity contribution in [2.75, 3.05) is 11.9 Å². The molecule has 2 unspecified atom stereocenters. The highest BCUT2D eigenvalue weighted by atomic mass is 16.6. The summed E-state index contributed by atoms with van der Waals surface area (Å²) in [4.78, 5) is 60.5. The number of carbonyl (C=O) groups excluding carboxylic acids is 4. The van der Waals surface area contributed by atoms with Gasteiger partial charge in [0.05, 0.1) is 0 Å². The highest BCUT2D eigenvalue weighted by Gasteiger charge is 2.38. The van der Waals surface area contributed by atoms with Crippen LogP contribution in [-0.2, 0) is 33.8 Å². The van der Waals surface area contributed by atoms with Gasteiger partial charge in [0.1, 0.15) is 17.7 Å². The lowest BCUT2D eigenvalue weighted by Crippen LogP contribution is -2.57. The van der Waals surface area contributed by atoms with Crippen LogP contribution in [0.1, 0.15) is 67.1 Å². The average molecular weight is 636 g/mol. The first-order valence-electron chi connectivity index (χ1n) is 16.2. The maximum absolute atomic E-state index is 14.3. The van der Waals surface area contributed by atoms with E-state index in [9.17, 15) is 19.2 Å². The number of hydrogen-bond donors (Lipinski definition) is 3. The normalized spacial score (nSPS) is 16.8. The Morgan fingerprint density at radius 1 is 0.936 bits per heavy atom. The Bertz CT molecular complexity index is 1790. The van der Waals surface area contributed by atoms with Crippen molar-refractivity contribution in [3.8, 4) is 0 Å². The van der Waals surface area contributed by atoms with Crippen LogP contribution in [0.5, 0.6) is 0 Å². The monoisotopic (exact) mass is 635 g/mol. The van der Waals surface area contributed by atoms with Crippen LogP contribution in [0.2, 0.25) is 0 Å². The zero-order valence-electron chi connectivity index (χ0n) is 27.0. The van der Waals surface area contributed by atoms with Crippen LogP contribution in [0.4, 0.5) is 10.5 Å². The molecule has 0 bridgehead atoms. The number of likely N-dealkylation sites (tertiary alicyclic amines) is 1. The molecule has 2 aliphatic rings. The average Bonchev–Trinajstić information content (AvgIpc) is 3.67. The second-order valence-corrected chi connectivity index (χ2v) is 13.3. The SMILES string of the molecule is CC(C)(C)OC(=O)N1CCCCC1C(=O)NC(Cc1c[nH]c2ccccc12)C(=O)N1Cc2ccc(NC(=O)c3ccccc3)cc2C1. The molecule has 0 aliphatic carbocycles. The fourth-order valence-corrected chi connectivity index (χ4v) is 6.37. The second kappa shape index (κ2) is 13.3. The Balaban J connectivity index is 1.21. The van der Waals surface area contributed by atoms with Crippen molar-refractivity contribution >= 4 is 40.4 Å². The number of para-hydroxylation sites is 1. The molecule has 47 heavy (non-hydrogen) atoms. The van der Waals surface area contributed by atoms with Crippen molar-refractivity contribution in [1.82, 2.24) is 20.1 Å². The number of aromatic amines is 1. The molecule has 2 atom stereocenters. The molecule has 0 saturated carbocycles. The standard InChI is InChI=1S/C37H41N5O5/c1-37(2,3)47-36(46)42-18-10-9-15-32(42)34(44)40-31(20-26-21-38-30-14-8-7-13-29(26)30)35(45)41-22-25-16-17-28(19-27(25)23-41)39-33(43)24-11-5-4-6-12-24/h4-8,11-14,16-17,19,21,31-32,38H,9-10,15,18,20,22-23H2,1-3H3,(H,39,43)(H,40,44). The minimum Gasteiger partial charge on any atom is -0.444 e. The summed E-state index contributed by atoms with van der Waals surface area (Å²) in [7, 11) is 0. The number of amides is 4. The van der Waals surface area contributed by atoms with Crippen LogP contribution >= 0.6 is 0 Å². The first kappa shape index (κ1) is 31.8. The van der Waals surface area contributed by atoms with Gasteiger partial charge in [-0.1, -0.05) is 42.5 Å². The number of nitrogens with one attached hydrogen (secondary N) is 3. The minimum absolute atomic E-state index is 0.207. The number of nitrogens with zero attached hydrogens (tertiary/aromatic N) is 2. The van der Waals surface area contributed by atoms with Crippen LogP contribution in [0, 0.1) is 0 Å². The smallest absolute Gasteiger partial charge is 0.410 e. The summed E-state index contributed by atoms with van der Waals surface area (Å²) >= 11 is 0. The number of hydrogen-bond acceptors (Lipinski definition) is 5. The maximum atomic E-state index is 14.3. The summed E-state index contributed by atoms with van der Waals surface area (Å²) in [5.74, 6) is -0.785. The fraction of sp³-hybridized carbons (Fsp3) is 0.351. The molecule has 3 heterocycles. The summed E-state index contributed by atoms with van der Waals surface area (Å²) in [6.45, 7) is 6.54. The first-order valence-corrected chi connectivity index (χ1v) is 16.2. The van der Waals surface area contributed by atoms with Gasteiger partial charge in [-0.05, 0) is 87.1 Å². The number of H-pyrrole nitrogens is 1. The Kier molecular flexibility index (Phi) is 9.02. The van der Waals surface area contributed by atoms with Crippen molar-refractivity contribution in [2.24, 2.45) is 0 Å². The summed E-state index contributed by atoms with van der Waals surface area (Å²) in [5.41, 5.74) is 4.29. The van der Waals surface area contributed by atoms with Crippen LogP contribution < -0.4 is 10.6 Å². The third-order valence-electron chi connectivity index (χ3n) is 8.68. The van der Waals surface area contributed by atoms with E-state index in [0.717, 1.165) is 40.4 Å². The van der Waals surface area contributed by atoms with E-state index >= 15 is 0 Å². The molecule has 1 fully saturated rings. The summed E-state index contributed by atoms with van der Waals surface area (Å²) in [6.07, 6.45) is 3.70. The number of rotatable bonds is 7. The molecule has 3 aromatic carbocycles. The Hall–Kier alpha value is -5.12. The highest BCUT2D eigenvalue weighted by Crippen LogP contribution is 2.28. The van der Waals surface area contributed by atoms with E-state index in [1.54, 1.807) is 37.8 Å². The lowest BCUT2D eigenvalue weighted by molar-refractivity contribution is -0.138. The van der Waals surface area contributed by atoms with Gasteiger partial charge in [0.15, 0.2) is 0 Å². The van der Waals surface area contributed by atoms with Crippen molar-refractivity contribution in [3.05, 3.63) is 101 Å². The summed E-state index contributed by atoms with van der Waals surface area (Å²) < 4.78 is 5.62. The molecule has 1 aromatic heterocycles. The van der Waals surface area contributed by atoms with Gasteiger partial charge in [0.25, 0.3) is 5.91 Å². The van der Waals surface area contributed by atoms with E-state index in [1.807, 2.05) is 66.9 Å².